The summed E-state index contributed by atoms with van der Waals surface area (Å²) >= 11 is 0. The van der Waals surface area contributed by atoms with Crippen LogP contribution in [0.15, 0.2) is 0 Å². The van der Waals surface area contributed by atoms with Crippen LogP contribution in [0.1, 0.15) is 60.3 Å². The summed E-state index contributed by atoms with van der Waals surface area (Å²) in [6.07, 6.45) is 4.15. The molecule has 0 rings (SSSR count). The molecule has 0 saturated carbocycles. The molecule has 80 valence electrons. The molecule has 0 aliphatic carbocycles. The van der Waals surface area contributed by atoms with Crippen LogP contribution in [0.25, 0.3) is 0 Å². The molecular weight excluding hydrogens is 160 g/mol. The van der Waals surface area contributed by atoms with Crippen molar-refractivity contribution in [3.05, 3.63) is 0 Å². The van der Waals surface area contributed by atoms with Crippen LogP contribution in [0.5, 0.6) is 0 Å². The van der Waals surface area contributed by atoms with Crippen molar-refractivity contribution in [1.82, 2.24) is 0 Å². The zero-order valence-electron chi connectivity index (χ0n) is 9.93. The van der Waals surface area contributed by atoms with E-state index in [-0.39, 0.29) is 6.10 Å². The molecule has 0 saturated heterocycles. The Bertz CT molecular complexity index is 127. The molecule has 0 aliphatic rings. The molecule has 0 bridgehead atoms. The van der Waals surface area contributed by atoms with Crippen LogP contribution in [0.3, 0.4) is 0 Å². The van der Waals surface area contributed by atoms with Gasteiger partial charge in [-0.3, -0.25) is 0 Å². The smallest absolute Gasteiger partial charge is 0.0537 e. The maximum atomic E-state index is 9.39. The van der Waals surface area contributed by atoms with Crippen LogP contribution in [0.4, 0.5) is 0 Å². The summed E-state index contributed by atoms with van der Waals surface area (Å²) in [7, 11) is 0. The Morgan fingerprint density at radius 1 is 1.23 bits per heavy atom. The average Bonchev–Trinajstić information content (AvgIpc) is 2.03. The Hall–Kier alpha value is -0.0400. The van der Waals surface area contributed by atoms with Crippen LogP contribution in [0, 0.1) is 11.3 Å². The highest BCUT2D eigenvalue weighted by atomic mass is 16.3. The van der Waals surface area contributed by atoms with E-state index in [1.807, 2.05) is 6.92 Å². The number of hydrogen-bond acceptors (Lipinski definition) is 1. The first-order valence-corrected chi connectivity index (χ1v) is 5.58. The van der Waals surface area contributed by atoms with E-state index in [9.17, 15) is 5.11 Å². The largest absolute Gasteiger partial charge is 0.393 e. The summed E-state index contributed by atoms with van der Waals surface area (Å²) in [6.45, 7) is 11.2. The second-order valence-corrected chi connectivity index (χ2v) is 5.10. The fourth-order valence-corrected chi connectivity index (χ4v) is 1.29. The molecule has 0 radical (unpaired) electrons. The third kappa shape index (κ3) is 5.30. The molecule has 0 aromatic heterocycles. The predicted molar refractivity (Wildman–Crippen MR) is 58.8 cm³/mol. The van der Waals surface area contributed by atoms with E-state index >= 15 is 0 Å². The topological polar surface area (TPSA) is 20.2 Å². The van der Waals surface area contributed by atoms with Crippen molar-refractivity contribution in [2.24, 2.45) is 11.3 Å². The van der Waals surface area contributed by atoms with Crippen LogP contribution in [-0.4, -0.2) is 11.2 Å². The lowest BCUT2D eigenvalue weighted by Gasteiger charge is -2.29. The van der Waals surface area contributed by atoms with E-state index in [1.54, 1.807) is 0 Å². The molecule has 0 aliphatic heterocycles. The van der Waals surface area contributed by atoms with Gasteiger partial charge in [0.1, 0.15) is 0 Å². The lowest BCUT2D eigenvalue weighted by atomic mass is 9.77. The average molecular weight is 186 g/mol. The summed E-state index contributed by atoms with van der Waals surface area (Å²) in [5, 5.41) is 9.39. The summed E-state index contributed by atoms with van der Waals surface area (Å²) in [4.78, 5) is 0. The molecule has 0 aromatic carbocycles. The second kappa shape index (κ2) is 5.64. The Kier molecular flexibility index (Phi) is 5.62. The summed E-state index contributed by atoms with van der Waals surface area (Å²) in [5.74, 6) is 0.728. The molecule has 1 atom stereocenters. The molecule has 13 heavy (non-hydrogen) atoms. The molecule has 0 fully saturated rings. The first-order valence-electron chi connectivity index (χ1n) is 5.58. The highest BCUT2D eigenvalue weighted by Gasteiger charge is 2.21. The Morgan fingerprint density at radius 3 is 2.15 bits per heavy atom. The molecule has 1 heteroatoms. The van der Waals surface area contributed by atoms with Crippen LogP contribution < -0.4 is 0 Å². The van der Waals surface area contributed by atoms with E-state index in [0.717, 1.165) is 25.2 Å². The SMILES string of the molecule is CCC(O)CCCC(C)(C)C(C)C. The Balaban J connectivity index is 3.63. The molecule has 0 amide bonds. The predicted octanol–water partition coefficient (Wildman–Crippen LogP) is 3.61. The first kappa shape index (κ1) is 13.0. The second-order valence-electron chi connectivity index (χ2n) is 5.10. The molecule has 1 N–H and O–H groups in total. The maximum Gasteiger partial charge on any atom is 0.0537 e. The van der Waals surface area contributed by atoms with E-state index in [0.29, 0.717) is 5.41 Å². The molecular formula is C12H26O. The van der Waals surface area contributed by atoms with E-state index in [1.165, 1.54) is 6.42 Å². The van der Waals surface area contributed by atoms with E-state index in [4.69, 9.17) is 0 Å². The summed E-state index contributed by atoms with van der Waals surface area (Å²) in [5.41, 5.74) is 0.424. The van der Waals surface area contributed by atoms with E-state index < -0.39 is 0 Å². The third-order valence-corrected chi connectivity index (χ3v) is 3.39. The third-order valence-electron chi connectivity index (χ3n) is 3.39. The van der Waals surface area contributed by atoms with Gasteiger partial charge < -0.3 is 5.11 Å². The van der Waals surface area contributed by atoms with E-state index in [2.05, 4.69) is 27.7 Å². The van der Waals surface area contributed by atoms with Gasteiger partial charge in [0.25, 0.3) is 0 Å². The fourth-order valence-electron chi connectivity index (χ4n) is 1.29. The van der Waals surface area contributed by atoms with Gasteiger partial charge in [0.05, 0.1) is 6.10 Å². The Morgan fingerprint density at radius 2 is 1.77 bits per heavy atom. The van der Waals surface area contributed by atoms with Crippen molar-refractivity contribution < 1.29 is 5.11 Å². The quantitative estimate of drug-likeness (QED) is 0.672. The van der Waals surface area contributed by atoms with Gasteiger partial charge >= 0.3 is 0 Å². The summed E-state index contributed by atoms with van der Waals surface area (Å²) < 4.78 is 0. The number of aliphatic hydroxyl groups is 1. The minimum Gasteiger partial charge on any atom is -0.393 e. The van der Waals surface area contributed by atoms with Crippen molar-refractivity contribution >= 4 is 0 Å². The first-order chi connectivity index (χ1) is 5.90. The summed E-state index contributed by atoms with van der Waals surface area (Å²) in [6, 6.07) is 0. The number of hydrogen-bond donors (Lipinski definition) is 1. The number of aliphatic hydroxyl groups excluding tert-OH is 1. The van der Waals surface area contributed by atoms with Gasteiger partial charge in [-0.25, -0.2) is 0 Å². The lowest BCUT2D eigenvalue weighted by Crippen LogP contribution is -2.19. The fraction of sp³-hybridized carbons (Fsp3) is 1.00. The van der Waals surface area contributed by atoms with Crippen LogP contribution in [0.2, 0.25) is 0 Å². The maximum absolute atomic E-state index is 9.39. The zero-order chi connectivity index (χ0) is 10.5. The van der Waals surface area contributed by atoms with Gasteiger partial charge in [-0.2, -0.15) is 0 Å². The van der Waals surface area contributed by atoms with Crippen molar-refractivity contribution in [2.75, 3.05) is 0 Å². The normalized spacial score (nSPS) is 15.0. The monoisotopic (exact) mass is 186 g/mol. The van der Waals surface area contributed by atoms with Crippen molar-refractivity contribution in [1.29, 1.82) is 0 Å². The molecule has 1 unspecified atom stereocenters. The molecule has 0 spiro atoms. The minimum absolute atomic E-state index is 0.0806. The van der Waals surface area contributed by atoms with Gasteiger partial charge in [-0.05, 0) is 30.6 Å². The molecule has 0 aromatic rings. The highest BCUT2D eigenvalue weighted by Crippen LogP contribution is 2.32. The molecule has 1 nitrogen and oxygen atoms in total. The van der Waals surface area contributed by atoms with Crippen LogP contribution in [-0.2, 0) is 0 Å². The number of rotatable bonds is 6. The minimum atomic E-state index is -0.0806. The Labute approximate surface area is 83.5 Å². The zero-order valence-corrected chi connectivity index (χ0v) is 9.93. The van der Waals surface area contributed by atoms with Gasteiger partial charge in [-0.1, -0.05) is 41.0 Å². The van der Waals surface area contributed by atoms with Gasteiger partial charge in [0.15, 0.2) is 0 Å². The van der Waals surface area contributed by atoms with Crippen LogP contribution >= 0.6 is 0 Å². The van der Waals surface area contributed by atoms with Gasteiger partial charge in [0.2, 0.25) is 0 Å². The van der Waals surface area contributed by atoms with Crippen molar-refractivity contribution in [3.63, 3.8) is 0 Å². The van der Waals surface area contributed by atoms with Gasteiger partial charge in [-0.15, -0.1) is 0 Å². The van der Waals surface area contributed by atoms with Crippen molar-refractivity contribution in [3.8, 4) is 0 Å². The van der Waals surface area contributed by atoms with Gasteiger partial charge in [0, 0.05) is 0 Å². The lowest BCUT2D eigenvalue weighted by molar-refractivity contribution is 0.142. The molecule has 0 heterocycles. The van der Waals surface area contributed by atoms with Crippen molar-refractivity contribution in [2.45, 2.75) is 66.4 Å². The standard InChI is InChI=1S/C12H26O/c1-6-11(13)8-7-9-12(4,5)10(2)3/h10-11,13H,6-9H2,1-5H3. The highest BCUT2D eigenvalue weighted by molar-refractivity contribution is 4.72.